The molecule has 2 heteroatoms. The van der Waals surface area contributed by atoms with Crippen LogP contribution in [0.2, 0.25) is 0 Å². The molecule has 1 saturated carbocycles. The quantitative estimate of drug-likeness (QED) is 0.737. The normalized spacial score (nSPS) is 37.2. The van der Waals surface area contributed by atoms with Crippen molar-refractivity contribution in [3.8, 4) is 0 Å². The van der Waals surface area contributed by atoms with Crippen LogP contribution in [0.25, 0.3) is 0 Å². The van der Waals surface area contributed by atoms with Crippen molar-refractivity contribution in [2.24, 2.45) is 11.3 Å². The Labute approximate surface area is 108 Å². The zero-order valence-electron chi connectivity index (χ0n) is 11.3. The SMILES string of the molecule is CC1(C)CCC[C@@]2(C)c3cc(F)ccc3[C@H](O)[C@@H]12. The van der Waals surface area contributed by atoms with E-state index in [1.165, 1.54) is 6.07 Å². The van der Waals surface area contributed by atoms with Crippen molar-refractivity contribution in [1.29, 1.82) is 0 Å². The van der Waals surface area contributed by atoms with Gasteiger partial charge < -0.3 is 5.11 Å². The molecule has 1 aromatic rings. The van der Waals surface area contributed by atoms with Gasteiger partial charge in [0.2, 0.25) is 0 Å². The molecule has 1 N–H and O–H groups in total. The lowest BCUT2D eigenvalue weighted by Crippen LogP contribution is -2.43. The lowest BCUT2D eigenvalue weighted by Gasteiger charge is -2.48. The van der Waals surface area contributed by atoms with Crippen LogP contribution in [-0.2, 0) is 5.41 Å². The summed E-state index contributed by atoms with van der Waals surface area (Å²) in [5, 5.41) is 10.6. The highest BCUT2D eigenvalue weighted by Crippen LogP contribution is 2.62. The first kappa shape index (κ1) is 12.2. The number of fused-ring (bicyclic) bond motifs is 3. The number of hydrogen-bond donors (Lipinski definition) is 1. The third kappa shape index (κ3) is 1.41. The number of aliphatic hydroxyl groups excluding tert-OH is 1. The lowest BCUT2D eigenvalue weighted by molar-refractivity contribution is -0.0272. The Hall–Kier alpha value is -0.890. The summed E-state index contributed by atoms with van der Waals surface area (Å²) >= 11 is 0. The van der Waals surface area contributed by atoms with Gasteiger partial charge in [-0.3, -0.25) is 0 Å². The van der Waals surface area contributed by atoms with E-state index in [1.807, 2.05) is 0 Å². The minimum absolute atomic E-state index is 0.0708. The molecule has 2 aliphatic rings. The largest absolute Gasteiger partial charge is 0.388 e. The first-order valence-electron chi connectivity index (χ1n) is 6.84. The van der Waals surface area contributed by atoms with E-state index in [-0.39, 0.29) is 22.6 Å². The summed E-state index contributed by atoms with van der Waals surface area (Å²) in [6.07, 6.45) is 2.90. The minimum Gasteiger partial charge on any atom is -0.388 e. The third-order valence-corrected chi connectivity index (χ3v) is 5.31. The molecular formula is C16H21FO. The molecule has 0 bridgehead atoms. The smallest absolute Gasteiger partial charge is 0.123 e. The van der Waals surface area contributed by atoms with Crippen molar-refractivity contribution in [3.05, 3.63) is 35.1 Å². The number of halogens is 1. The van der Waals surface area contributed by atoms with Crippen LogP contribution in [-0.4, -0.2) is 5.11 Å². The molecule has 2 aliphatic carbocycles. The molecule has 1 nitrogen and oxygen atoms in total. The second-order valence-corrected chi connectivity index (χ2v) is 6.91. The minimum atomic E-state index is -0.444. The Kier molecular flexibility index (Phi) is 2.41. The summed E-state index contributed by atoms with van der Waals surface area (Å²) in [4.78, 5) is 0. The summed E-state index contributed by atoms with van der Waals surface area (Å²) in [7, 11) is 0. The van der Waals surface area contributed by atoms with E-state index in [9.17, 15) is 9.50 Å². The maximum absolute atomic E-state index is 13.5. The van der Waals surface area contributed by atoms with Crippen LogP contribution in [0, 0.1) is 17.2 Å². The van der Waals surface area contributed by atoms with Gasteiger partial charge in [0.25, 0.3) is 0 Å². The van der Waals surface area contributed by atoms with Crippen molar-refractivity contribution in [2.75, 3.05) is 0 Å². The summed E-state index contributed by atoms with van der Waals surface area (Å²) in [5.41, 5.74) is 2.02. The Balaban J connectivity index is 2.20. The van der Waals surface area contributed by atoms with Crippen LogP contribution in [0.3, 0.4) is 0 Å². The molecule has 3 atom stereocenters. The maximum Gasteiger partial charge on any atom is 0.123 e. The Morgan fingerprint density at radius 3 is 2.67 bits per heavy atom. The lowest BCUT2D eigenvalue weighted by atomic mass is 9.56. The number of hydrogen-bond acceptors (Lipinski definition) is 1. The second kappa shape index (κ2) is 3.57. The van der Waals surface area contributed by atoms with Gasteiger partial charge >= 0.3 is 0 Å². The topological polar surface area (TPSA) is 20.2 Å². The van der Waals surface area contributed by atoms with Gasteiger partial charge in [-0.25, -0.2) is 4.39 Å². The molecule has 0 spiro atoms. The molecule has 0 saturated heterocycles. The van der Waals surface area contributed by atoms with Gasteiger partial charge in [-0.05, 0) is 46.9 Å². The summed E-state index contributed by atoms with van der Waals surface area (Å²) in [5.74, 6) is 0.0155. The molecule has 0 radical (unpaired) electrons. The second-order valence-electron chi connectivity index (χ2n) is 6.91. The molecule has 3 rings (SSSR count). The predicted molar refractivity (Wildman–Crippen MR) is 69.8 cm³/mol. The predicted octanol–water partition coefficient (Wildman–Crippen LogP) is 3.96. The fourth-order valence-electron chi connectivity index (χ4n) is 4.62. The van der Waals surface area contributed by atoms with Gasteiger partial charge in [0.1, 0.15) is 5.82 Å². The average Bonchev–Trinajstić information content (AvgIpc) is 2.48. The van der Waals surface area contributed by atoms with Crippen molar-refractivity contribution in [2.45, 2.75) is 51.6 Å². The molecule has 98 valence electrons. The van der Waals surface area contributed by atoms with Crippen molar-refractivity contribution >= 4 is 0 Å². The Morgan fingerprint density at radius 2 is 1.94 bits per heavy atom. The van der Waals surface area contributed by atoms with Gasteiger partial charge in [-0.1, -0.05) is 33.3 Å². The summed E-state index contributed by atoms with van der Waals surface area (Å²) in [6, 6.07) is 4.88. The highest BCUT2D eigenvalue weighted by Gasteiger charge is 2.56. The van der Waals surface area contributed by atoms with Crippen LogP contribution in [0.15, 0.2) is 18.2 Å². The number of benzene rings is 1. The summed E-state index contributed by atoms with van der Waals surface area (Å²) in [6.45, 7) is 6.67. The molecule has 1 fully saturated rings. The van der Waals surface area contributed by atoms with Crippen LogP contribution in [0.4, 0.5) is 4.39 Å². The van der Waals surface area contributed by atoms with Crippen LogP contribution < -0.4 is 0 Å². The maximum atomic E-state index is 13.5. The Morgan fingerprint density at radius 1 is 1.22 bits per heavy atom. The fraction of sp³-hybridized carbons (Fsp3) is 0.625. The zero-order valence-corrected chi connectivity index (χ0v) is 11.3. The molecule has 1 aromatic carbocycles. The molecular weight excluding hydrogens is 227 g/mol. The fourth-order valence-corrected chi connectivity index (χ4v) is 4.62. The molecule has 0 amide bonds. The van der Waals surface area contributed by atoms with E-state index in [2.05, 4.69) is 20.8 Å². The van der Waals surface area contributed by atoms with E-state index in [0.717, 1.165) is 30.4 Å². The standard InChI is InChI=1S/C16H21FO/c1-15(2)7-4-8-16(3)12-9-10(17)5-6-11(12)13(18)14(15)16/h5-6,9,13-14,18H,4,7-8H2,1-3H3/t13-,14-,16-/m0/s1. The van der Waals surface area contributed by atoms with Gasteiger partial charge in [0, 0.05) is 5.92 Å². The monoisotopic (exact) mass is 248 g/mol. The van der Waals surface area contributed by atoms with Crippen molar-refractivity contribution < 1.29 is 9.50 Å². The molecule has 0 unspecified atom stereocenters. The average molecular weight is 248 g/mol. The van der Waals surface area contributed by atoms with Crippen molar-refractivity contribution in [1.82, 2.24) is 0 Å². The van der Waals surface area contributed by atoms with Gasteiger partial charge in [-0.2, -0.15) is 0 Å². The van der Waals surface area contributed by atoms with Gasteiger partial charge in [0.05, 0.1) is 6.10 Å². The highest BCUT2D eigenvalue weighted by atomic mass is 19.1. The number of aliphatic hydroxyl groups is 1. The third-order valence-electron chi connectivity index (χ3n) is 5.31. The molecule has 0 heterocycles. The van der Waals surface area contributed by atoms with Crippen LogP contribution >= 0.6 is 0 Å². The van der Waals surface area contributed by atoms with E-state index >= 15 is 0 Å². The van der Waals surface area contributed by atoms with Gasteiger partial charge in [-0.15, -0.1) is 0 Å². The van der Waals surface area contributed by atoms with Crippen molar-refractivity contribution in [3.63, 3.8) is 0 Å². The van der Waals surface area contributed by atoms with Gasteiger partial charge in [0.15, 0.2) is 0 Å². The van der Waals surface area contributed by atoms with Crippen LogP contribution in [0.5, 0.6) is 0 Å². The first-order valence-corrected chi connectivity index (χ1v) is 6.84. The molecule has 0 aliphatic heterocycles. The van der Waals surface area contributed by atoms with E-state index < -0.39 is 6.10 Å². The highest BCUT2D eigenvalue weighted by molar-refractivity contribution is 5.44. The van der Waals surface area contributed by atoms with E-state index in [0.29, 0.717) is 0 Å². The van der Waals surface area contributed by atoms with E-state index in [1.54, 1.807) is 12.1 Å². The van der Waals surface area contributed by atoms with Crippen LogP contribution in [0.1, 0.15) is 57.3 Å². The van der Waals surface area contributed by atoms with E-state index in [4.69, 9.17) is 0 Å². The number of rotatable bonds is 0. The Bertz CT molecular complexity index is 494. The molecule has 0 aromatic heterocycles. The summed E-state index contributed by atoms with van der Waals surface area (Å²) < 4.78 is 13.5. The zero-order chi connectivity index (χ0) is 13.1. The molecule has 18 heavy (non-hydrogen) atoms. The first-order chi connectivity index (χ1) is 8.36.